The van der Waals surface area contributed by atoms with Crippen LogP contribution < -0.4 is 0 Å². The Morgan fingerprint density at radius 3 is 2.42 bits per heavy atom. The van der Waals surface area contributed by atoms with Gasteiger partial charge in [-0.25, -0.2) is 0 Å². The maximum absolute atomic E-state index is 3.74. The van der Waals surface area contributed by atoms with Gasteiger partial charge in [0, 0.05) is 11.1 Å². The maximum Gasteiger partial charge on any atom is 0.0251 e. The van der Waals surface area contributed by atoms with E-state index in [1.165, 1.54) is 11.1 Å². The van der Waals surface area contributed by atoms with Crippen LogP contribution in [0.5, 0.6) is 0 Å². The van der Waals surface area contributed by atoms with Gasteiger partial charge in [-0.15, -0.1) is 6.58 Å². The van der Waals surface area contributed by atoms with Gasteiger partial charge in [0.1, 0.15) is 0 Å². The first-order chi connectivity index (χ1) is 9.28. The molecule has 0 saturated carbocycles. The lowest BCUT2D eigenvalue weighted by atomic mass is 10.1. The molecule has 0 atom stereocenters. The Balaban J connectivity index is 2.09. The van der Waals surface area contributed by atoms with Crippen molar-refractivity contribution >= 4 is 0 Å². The van der Waals surface area contributed by atoms with E-state index in [2.05, 4.69) is 61.7 Å². The fourth-order valence-corrected chi connectivity index (χ4v) is 1.89. The van der Waals surface area contributed by atoms with Crippen LogP contribution in [0, 0.1) is 18.8 Å². The second-order valence-electron chi connectivity index (χ2n) is 4.64. The molecule has 0 nitrogen and oxygen atoms in total. The predicted octanol–water partition coefficient (Wildman–Crippen LogP) is 4.51. The summed E-state index contributed by atoms with van der Waals surface area (Å²) in [5, 5.41) is 0. The van der Waals surface area contributed by atoms with E-state index in [0.29, 0.717) is 0 Å². The van der Waals surface area contributed by atoms with Crippen molar-refractivity contribution < 1.29 is 0 Å². The highest BCUT2D eigenvalue weighted by Crippen LogP contribution is 2.07. The Morgan fingerprint density at radius 1 is 1.00 bits per heavy atom. The minimum Gasteiger partial charge on any atom is -0.103 e. The zero-order chi connectivity index (χ0) is 13.5. The summed E-state index contributed by atoms with van der Waals surface area (Å²) in [4.78, 5) is 0. The molecule has 0 heterocycles. The second-order valence-corrected chi connectivity index (χ2v) is 4.64. The molecule has 0 N–H and O–H groups in total. The highest BCUT2D eigenvalue weighted by atomic mass is 14.0. The highest BCUT2D eigenvalue weighted by molar-refractivity contribution is 5.44. The molecule has 94 valence electrons. The number of allylic oxidation sites excluding steroid dienone is 1. The number of rotatable bonds is 3. The van der Waals surface area contributed by atoms with Crippen molar-refractivity contribution in [3.63, 3.8) is 0 Å². The summed E-state index contributed by atoms with van der Waals surface area (Å²) < 4.78 is 0. The van der Waals surface area contributed by atoms with Crippen LogP contribution in [0.4, 0.5) is 0 Å². The Bertz CT molecular complexity index is 606. The predicted molar refractivity (Wildman–Crippen MR) is 82.1 cm³/mol. The first-order valence-corrected chi connectivity index (χ1v) is 6.56. The van der Waals surface area contributed by atoms with Crippen molar-refractivity contribution in [1.82, 2.24) is 0 Å². The summed E-state index contributed by atoms with van der Waals surface area (Å²) in [7, 11) is 0. The molecule has 0 heteroatoms. The van der Waals surface area contributed by atoms with Gasteiger partial charge >= 0.3 is 0 Å². The fraction of sp³-hybridized carbons (Fsp3) is 0.158. The molecule has 0 bridgehead atoms. The first kappa shape index (κ1) is 13.2. The van der Waals surface area contributed by atoms with E-state index in [0.717, 1.165) is 24.0 Å². The number of aryl methyl sites for hydroxylation is 2. The third-order valence-electron chi connectivity index (χ3n) is 2.96. The van der Waals surface area contributed by atoms with Crippen LogP contribution in [0.25, 0.3) is 0 Å². The lowest BCUT2D eigenvalue weighted by Crippen LogP contribution is -1.83. The molecule has 2 aromatic carbocycles. The Labute approximate surface area is 115 Å². The first-order valence-electron chi connectivity index (χ1n) is 6.56. The highest BCUT2D eigenvalue weighted by Gasteiger charge is 1.92. The molecule has 19 heavy (non-hydrogen) atoms. The van der Waals surface area contributed by atoms with Crippen molar-refractivity contribution in [2.24, 2.45) is 0 Å². The van der Waals surface area contributed by atoms with Gasteiger partial charge in [-0.2, -0.15) is 0 Å². The average molecular weight is 246 g/mol. The van der Waals surface area contributed by atoms with Crippen molar-refractivity contribution in [3.8, 4) is 11.8 Å². The summed E-state index contributed by atoms with van der Waals surface area (Å²) in [6.45, 7) is 5.82. The van der Waals surface area contributed by atoms with Crippen molar-refractivity contribution in [2.75, 3.05) is 0 Å². The monoisotopic (exact) mass is 246 g/mol. The molecule has 0 aliphatic carbocycles. The van der Waals surface area contributed by atoms with E-state index in [4.69, 9.17) is 0 Å². The molecule has 0 saturated heterocycles. The fourth-order valence-electron chi connectivity index (χ4n) is 1.89. The lowest BCUT2D eigenvalue weighted by Gasteiger charge is -1.98. The van der Waals surface area contributed by atoms with Gasteiger partial charge in [-0.3, -0.25) is 0 Å². The average Bonchev–Trinajstić information content (AvgIpc) is 2.44. The summed E-state index contributed by atoms with van der Waals surface area (Å²) in [6.07, 6.45) is 4.02. The van der Waals surface area contributed by atoms with Crippen LogP contribution >= 0.6 is 0 Å². The summed E-state index contributed by atoms with van der Waals surface area (Å²) in [5.41, 5.74) is 4.70. The van der Waals surface area contributed by atoms with E-state index in [9.17, 15) is 0 Å². The minimum absolute atomic E-state index is 1.02. The van der Waals surface area contributed by atoms with Crippen LogP contribution in [-0.4, -0.2) is 0 Å². The van der Waals surface area contributed by atoms with Gasteiger partial charge < -0.3 is 0 Å². The molecular formula is C19H18. The summed E-state index contributed by atoms with van der Waals surface area (Å²) >= 11 is 0. The van der Waals surface area contributed by atoms with Crippen LogP contribution in [-0.2, 0) is 6.42 Å². The minimum atomic E-state index is 1.02. The molecule has 0 amide bonds. The van der Waals surface area contributed by atoms with Gasteiger partial charge in [0.25, 0.3) is 0 Å². The molecule has 0 aromatic heterocycles. The molecule has 0 unspecified atom stereocenters. The molecule has 0 aliphatic rings. The van der Waals surface area contributed by atoms with Crippen LogP contribution in [0.1, 0.15) is 28.7 Å². The molecule has 0 fully saturated rings. The molecule has 0 radical (unpaired) electrons. The lowest BCUT2D eigenvalue weighted by molar-refractivity contribution is 1.00. The van der Waals surface area contributed by atoms with E-state index in [-0.39, 0.29) is 0 Å². The second kappa shape index (κ2) is 6.61. The van der Waals surface area contributed by atoms with Crippen molar-refractivity contribution in [1.29, 1.82) is 0 Å². The smallest absolute Gasteiger partial charge is 0.0251 e. The van der Waals surface area contributed by atoms with Crippen LogP contribution in [0.2, 0.25) is 0 Å². The zero-order valence-electron chi connectivity index (χ0n) is 11.3. The summed E-state index contributed by atoms with van der Waals surface area (Å²) in [5.74, 6) is 6.40. The third kappa shape index (κ3) is 4.16. The van der Waals surface area contributed by atoms with E-state index in [1.54, 1.807) is 0 Å². The quantitative estimate of drug-likeness (QED) is 0.552. The topological polar surface area (TPSA) is 0 Å². The van der Waals surface area contributed by atoms with Crippen LogP contribution in [0.3, 0.4) is 0 Å². The zero-order valence-corrected chi connectivity index (χ0v) is 11.3. The maximum atomic E-state index is 3.74. The Hall–Kier alpha value is -2.26. The number of hydrogen-bond donors (Lipinski definition) is 0. The summed E-state index contributed by atoms with van der Waals surface area (Å²) in [6, 6.07) is 16.7. The molecule has 2 rings (SSSR count). The van der Waals surface area contributed by atoms with Gasteiger partial charge in [-0.05, 0) is 55.2 Å². The SMILES string of the molecule is C=CCCc1ccc(C#Cc2cccc(C)c2)cc1. The van der Waals surface area contributed by atoms with Gasteiger partial charge in [0.2, 0.25) is 0 Å². The standard InChI is InChI=1S/C19H18/c1-3-4-7-17-9-11-18(12-10-17)13-14-19-8-5-6-16(2)15-19/h3,5-6,8-12,15H,1,4,7H2,2H3. The molecule has 2 aromatic rings. The Morgan fingerprint density at radius 2 is 1.74 bits per heavy atom. The third-order valence-corrected chi connectivity index (χ3v) is 2.96. The normalized spacial score (nSPS) is 9.53. The van der Waals surface area contributed by atoms with Crippen LogP contribution in [0.15, 0.2) is 61.2 Å². The van der Waals surface area contributed by atoms with E-state index in [1.807, 2.05) is 18.2 Å². The van der Waals surface area contributed by atoms with Crippen molar-refractivity contribution in [3.05, 3.63) is 83.4 Å². The van der Waals surface area contributed by atoms with Gasteiger partial charge in [0.05, 0.1) is 0 Å². The van der Waals surface area contributed by atoms with Gasteiger partial charge in [-0.1, -0.05) is 42.2 Å². The number of benzene rings is 2. The molecule has 0 aliphatic heterocycles. The number of hydrogen-bond acceptors (Lipinski definition) is 0. The van der Waals surface area contributed by atoms with E-state index >= 15 is 0 Å². The van der Waals surface area contributed by atoms with Gasteiger partial charge in [0.15, 0.2) is 0 Å². The Kier molecular flexibility index (Phi) is 4.59. The van der Waals surface area contributed by atoms with E-state index < -0.39 is 0 Å². The largest absolute Gasteiger partial charge is 0.103 e. The molecule has 0 spiro atoms. The van der Waals surface area contributed by atoms with Crippen molar-refractivity contribution in [2.45, 2.75) is 19.8 Å². The molecular weight excluding hydrogens is 228 g/mol.